The van der Waals surface area contributed by atoms with E-state index in [4.69, 9.17) is 9.05 Å². The first-order valence-corrected chi connectivity index (χ1v) is 11.1. The minimum Gasteiger partial charge on any atom is -0.615 e. The maximum Gasteiger partial charge on any atom is 0.329 e. The molecule has 0 aromatic heterocycles. The van der Waals surface area contributed by atoms with E-state index in [1.54, 1.807) is 19.1 Å². The van der Waals surface area contributed by atoms with Crippen molar-refractivity contribution >= 4 is 18.1 Å². The van der Waals surface area contributed by atoms with Gasteiger partial charge in [-0.15, -0.1) is 6.58 Å². The second kappa shape index (κ2) is 7.43. The van der Waals surface area contributed by atoms with Gasteiger partial charge in [-0.3, -0.25) is 0 Å². The maximum absolute atomic E-state index is 13.3. The molecule has 1 saturated heterocycles. The molecule has 1 aromatic carbocycles. The number of hydrogen-bond donors (Lipinski definition) is 0. The molecular weight excluding hydrogens is 361 g/mol. The first-order valence-electron chi connectivity index (χ1n) is 8.19. The lowest BCUT2D eigenvalue weighted by Crippen LogP contribution is -2.48. The van der Waals surface area contributed by atoms with E-state index in [0.29, 0.717) is 6.42 Å². The fraction of sp³-hybridized carbons (Fsp3) is 0.529. The quantitative estimate of drug-likeness (QED) is 0.554. The van der Waals surface area contributed by atoms with Crippen molar-refractivity contribution in [1.29, 1.82) is 0 Å². The first-order chi connectivity index (χ1) is 11.6. The van der Waals surface area contributed by atoms with E-state index in [9.17, 15) is 13.3 Å². The lowest BCUT2D eigenvalue weighted by molar-refractivity contribution is -0.245. The molecule has 1 aliphatic rings. The highest BCUT2D eigenvalue weighted by atomic mass is 32.2. The number of sulfonamides is 1. The van der Waals surface area contributed by atoms with E-state index in [2.05, 4.69) is 6.58 Å². The molecule has 6 nitrogen and oxygen atoms in total. The van der Waals surface area contributed by atoms with Crippen molar-refractivity contribution in [2.45, 2.75) is 45.1 Å². The summed E-state index contributed by atoms with van der Waals surface area (Å²) in [6, 6.07) is 5.68. The summed E-state index contributed by atoms with van der Waals surface area (Å²) in [5, 5.41) is 0. The van der Waals surface area contributed by atoms with Gasteiger partial charge in [-0.2, -0.15) is 9.05 Å². The largest absolute Gasteiger partial charge is 0.615 e. The third kappa shape index (κ3) is 4.30. The predicted molar refractivity (Wildman–Crippen MR) is 97.1 cm³/mol. The smallest absolute Gasteiger partial charge is 0.329 e. The molecule has 1 fully saturated rings. The summed E-state index contributed by atoms with van der Waals surface area (Å²) in [6.45, 7) is 11.5. The maximum atomic E-state index is 13.3. The molecule has 0 spiro atoms. The zero-order chi connectivity index (χ0) is 18.9. The summed E-state index contributed by atoms with van der Waals surface area (Å²) in [5.74, 6) is 0. The number of benzene rings is 1. The van der Waals surface area contributed by atoms with Crippen LogP contribution in [0.3, 0.4) is 0 Å². The average Bonchev–Trinajstić information content (AvgIpc) is 2.55. The Kier molecular flexibility index (Phi) is 6.09. The molecule has 1 heterocycles. The van der Waals surface area contributed by atoms with Crippen molar-refractivity contribution in [2.75, 3.05) is 13.2 Å². The second-order valence-corrected chi connectivity index (χ2v) is 11.0. The Bertz CT molecular complexity index is 707. The van der Waals surface area contributed by atoms with Crippen molar-refractivity contribution < 1.29 is 22.4 Å². The molecule has 0 amide bonds. The van der Waals surface area contributed by atoms with Gasteiger partial charge in [-0.05, 0) is 29.6 Å². The molecule has 0 aliphatic carbocycles. The van der Waals surface area contributed by atoms with Crippen LogP contribution in [0, 0.1) is 12.3 Å². The fourth-order valence-corrected chi connectivity index (χ4v) is 7.28. The minimum atomic E-state index is -4.09. The van der Waals surface area contributed by atoms with Crippen LogP contribution in [-0.2, 0) is 19.1 Å². The molecule has 25 heavy (non-hydrogen) atoms. The monoisotopic (exact) mass is 387 g/mol. The summed E-state index contributed by atoms with van der Waals surface area (Å²) < 4.78 is 38.3. The molecule has 0 bridgehead atoms. The van der Waals surface area contributed by atoms with Gasteiger partial charge in [0, 0.05) is 5.41 Å². The van der Waals surface area contributed by atoms with Gasteiger partial charge in [0.1, 0.15) is 13.2 Å². The van der Waals surface area contributed by atoms with Crippen molar-refractivity contribution in [3.63, 3.8) is 0 Å². The van der Waals surface area contributed by atoms with Crippen molar-refractivity contribution in [2.24, 2.45) is 5.41 Å². The molecule has 2 rings (SSSR count). The number of rotatable bonds is 6. The van der Waals surface area contributed by atoms with Gasteiger partial charge in [-0.25, -0.2) is 8.42 Å². The Hall–Kier alpha value is -0.820. The summed E-state index contributed by atoms with van der Waals surface area (Å²) >= 11 is 0. The number of aryl methyl sites for hydroxylation is 1. The van der Waals surface area contributed by atoms with E-state index < -0.39 is 24.2 Å². The Morgan fingerprint density at radius 1 is 1.32 bits per heavy atom. The van der Waals surface area contributed by atoms with Gasteiger partial charge in [0.15, 0.2) is 0 Å². The first kappa shape index (κ1) is 20.5. The molecule has 8 heteroatoms. The zero-order valence-electron chi connectivity index (χ0n) is 15.1. The van der Waals surface area contributed by atoms with Crippen LogP contribution < -0.4 is 4.89 Å². The van der Waals surface area contributed by atoms with Gasteiger partial charge >= 0.3 is 8.09 Å². The number of hydrogen-bond acceptors (Lipinski definition) is 5. The summed E-state index contributed by atoms with van der Waals surface area (Å²) in [5.41, 5.74) is 0.600. The molecule has 140 valence electrons. The standard InChI is InChI=1S/C17H26NO5PS/c1-6-15(7-2)18(24(19)22-12-17(4,5)13-23-24)25(20,21)16-10-8-14(3)9-11-16/h6,8-11,15H,1,7,12-13H2,2-5H3. The SMILES string of the molecule is C=CC(CC)N([P+]1([O-])OCC(C)(C)CO1)S(=O)(=O)c1ccc(C)cc1. The molecule has 1 unspecified atom stereocenters. The highest BCUT2D eigenvalue weighted by Crippen LogP contribution is 2.63. The lowest BCUT2D eigenvalue weighted by Gasteiger charge is -2.43. The molecule has 1 aromatic rings. The second-order valence-electron chi connectivity index (χ2n) is 6.98. The third-order valence-corrected chi connectivity index (χ3v) is 8.58. The van der Waals surface area contributed by atoms with E-state index in [1.807, 2.05) is 20.8 Å². The van der Waals surface area contributed by atoms with Crippen LogP contribution >= 0.6 is 8.09 Å². The van der Waals surface area contributed by atoms with Gasteiger partial charge in [0.05, 0.1) is 10.9 Å². The van der Waals surface area contributed by atoms with Gasteiger partial charge in [0.2, 0.25) is 0 Å². The van der Waals surface area contributed by atoms with E-state index in [0.717, 1.165) is 9.64 Å². The summed E-state index contributed by atoms with van der Waals surface area (Å²) in [7, 11) is -8.11. The van der Waals surface area contributed by atoms with Crippen molar-refractivity contribution in [1.82, 2.24) is 4.08 Å². The Morgan fingerprint density at radius 2 is 1.84 bits per heavy atom. The van der Waals surface area contributed by atoms with Crippen LogP contribution in [0.25, 0.3) is 0 Å². The Labute approximate surface area is 151 Å². The Balaban J connectivity index is 2.49. The topological polar surface area (TPSA) is 78.9 Å². The van der Waals surface area contributed by atoms with Gasteiger partial charge in [-0.1, -0.05) is 44.5 Å². The van der Waals surface area contributed by atoms with Crippen LogP contribution in [-0.4, -0.2) is 31.7 Å². The van der Waals surface area contributed by atoms with Gasteiger partial charge in [0.25, 0.3) is 10.0 Å². The minimum absolute atomic E-state index is 0.0469. The van der Waals surface area contributed by atoms with Crippen LogP contribution in [0.1, 0.15) is 32.8 Å². The van der Waals surface area contributed by atoms with Crippen LogP contribution in [0.2, 0.25) is 0 Å². The fourth-order valence-electron chi connectivity index (χ4n) is 2.43. The molecule has 1 aliphatic heterocycles. The molecule has 0 N–H and O–H groups in total. The highest BCUT2D eigenvalue weighted by Gasteiger charge is 2.54. The zero-order valence-corrected chi connectivity index (χ0v) is 16.8. The number of nitrogens with zero attached hydrogens (tertiary/aromatic N) is 1. The van der Waals surface area contributed by atoms with E-state index in [-0.39, 0.29) is 23.5 Å². The lowest BCUT2D eigenvalue weighted by atomic mass is 9.97. The van der Waals surface area contributed by atoms with Crippen LogP contribution in [0.4, 0.5) is 0 Å². The van der Waals surface area contributed by atoms with E-state index >= 15 is 0 Å². The van der Waals surface area contributed by atoms with Crippen LogP contribution in [0.5, 0.6) is 0 Å². The summed E-state index contributed by atoms with van der Waals surface area (Å²) in [4.78, 5) is 13.4. The van der Waals surface area contributed by atoms with E-state index in [1.165, 1.54) is 18.2 Å². The Morgan fingerprint density at radius 3 is 2.28 bits per heavy atom. The van der Waals surface area contributed by atoms with Crippen molar-refractivity contribution in [3.8, 4) is 0 Å². The molecule has 0 radical (unpaired) electrons. The molecular formula is C17H26NO5PS. The highest BCUT2D eigenvalue weighted by molar-refractivity contribution is 7.95. The molecule has 0 saturated carbocycles. The average molecular weight is 387 g/mol. The molecule has 1 atom stereocenters. The summed E-state index contributed by atoms with van der Waals surface area (Å²) in [6.07, 6.45) is 1.85. The normalized spacial score (nSPS) is 21.0. The third-order valence-electron chi connectivity index (χ3n) is 4.02. The predicted octanol–water partition coefficient (Wildman–Crippen LogP) is 3.06. The van der Waals surface area contributed by atoms with Crippen molar-refractivity contribution in [3.05, 3.63) is 42.5 Å². The van der Waals surface area contributed by atoms with Gasteiger partial charge < -0.3 is 4.89 Å². The van der Waals surface area contributed by atoms with Crippen LogP contribution in [0.15, 0.2) is 41.8 Å².